The van der Waals surface area contributed by atoms with Crippen LogP contribution in [0, 0.1) is 0 Å². The number of hydrogen-bond donors (Lipinski definition) is 0. The van der Waals surface area contributed by atoms with E-state index in [1.165, 1.54) is 0 Å². The molecule has 0 N–H and O–H groups in total. The maximum absolute atomic E-state index is 13.6. The van der Waals surface area contributed by atoms with Gasteiger partial charge in [-0.15, -0.1) is 0 Å². The highest BCUT2D eigenvalue weighted by Crippen LogP contribution is 2.42. The highest BCUT2D eigenvalue weighted by atomic mass is 16.5. The third-order valence-electron chi connectivity index (χ3n) is 6.04. The van der Waals surface area contributed by atoms with Crippen molar-refractivity contribution in [3.05, 3.63) is 83.9 Å². The fourth-order valence-electron chi connectivity index (χ4n) is 4.41. The van der Waals surface area contributed by atoms with Gasteiger partial charge in [-0.25, -0.2) is 0 Å². The molecule has 0 unspecified atom stereocenters. The van der Waals surface area contributed by atoms with Crippen LogP contribution in [0.4, 0.5) is 11.4 Å². The maximum Gasteiger partial charge on any atom is 0.258 e. The number of para-hydroxylation sites is 2. The molecular weight excluding hydrogens is 388 g/mol. The molecule has 1 aliphatic heterocycles. The van der Waals surface area contributed by atoms with Crippen LogP contribution in [-0.4, -0.2) is 33.2 Å². The molecule has 5 heteroatoms. The van der Waals surface area contributed by atoms with Crippen LogP contribution in [0.3, 0.4) is 0 Å². The summed E-state index contributed by atoms with van der Waals surface area (Å²) >= 11 is 0. The lowest BCUT2D eigenvalue weighted by atomic mass is 9.89. The van der Waals surface area contributed by atoms with Crippen LogP contribution < -0.4 is 19.3 Å². The topological polar surface area (TPSA) is 42.0 Å². The second kappa shape index (κ2) is 8.72. The average molecular weight is 417 g/mol. The summed E-state index contributed by atoms with van der Waals surface area (Å²) in [7, 11) is 5.29. The van der Waals surface area contributed by atoms with Gasteiger partial charge >= 0.3 is 0 Å². The van der Waals surface area contributed by atoms with E-state index in [2.05, 4.69) is 49.2 Å². The Morgan fingerprint density at radius 3 is 2.32 bits per heavy atom. The van der Waals surface area contributed by atoms with Gasteiger partial charge in [-0.2, -0.15) is 0 Å². The number of anilines is 2. The van der Waals surface area contributed by atoms with Crippen LogP contribution >= 0.6 is 0 Å². The Hall–Kier alpha value is -3.47. The van der Waals surface area contributed by atoms with E-state index in [4.69, 9.17) is 9.47 Å². The molecule has 0 spiro atoms. The molecule has 0 aromatic heterocycles. The Morgan fingerprint density at radius 2 is 1.61 bits per heavy atom. The smallest absolute Gasteiger partial charge is 0.258 e. The van der Waals surface area contributed by atoms with Crippen molar-refractivity contribution in [3.8, 4) is 11.5 Å². The van der Waals surface area contributed by atoms with Crippen molar-refractivity contribution >= 4 is 17.3 Å². The second-order valence-electron chi connectivity index (χ2n) is 7.85. The van der Waals surface area contributed by atoms with Gasteiger partial charge in [0.05, 0.1) is 20.3 Å². The van der Waals surface area contributed by atoms with Gasteiger partial charge in [0.15, 0.2) is 11.5 Å². The molecule has 5 nitrogen and oxygen atoms in total. The third-order valence-corrected chi connectivity index (χ3v) is 6.04. The first-order valence-corrected chi connectivity index (χ1v) is 10.5. The van der Waals surface area contributed by atoms with E-state index in [-0.39, 0.29) is 18.0 Å². The molecular formula is C26H28N2O3. The zero-order chi connectivity index (χ0) is 22.0. The van der Waals surface area contributed by atoms with Gasteiger partial charge in [-0.1, -0.05) is 36.4 Å². The summed E-state index contributed by atoms with van der Waals surface area (Å²) in [4.78, 5) is 17.8. The minimum Gasteiger partial charge on any atom is -0.493 e. The first-order valence-electron chi connectivity index (χ1n) is 10.5. The number of rotatable bonds is 5. The number of benzene rings is 3. The fourth-order valence-corrected chi connectivity index (χ4v) is 4.41. The molecule has 160 valence electrons. The zero-order valence-corrected chi connectivity index (χ0v) is 18.4. The van der Waals surface area contributed by atoms with Gasteiger partial charge in [-0.3, -0.25) is 4.79 Å². The molecule has 0 saturated carbocycles. The predicted octanol–water partition coefficient (Wildman–Crippen LogP) is 5.32. The van der Waals surface area contributed by atoms with Crippen LogP contribution in [0.1, 0.15) is 35.3 Å². The normalized spacial score (nSPS) is 17.6. The summed E-state index contributed by atoms with van der Waals surface area (Å²) in [5.74, 6) is 1.12. The Balaban J connectivity index is 1.72. The zero-order valence-electron chi connectivity index (χ0n) is 18.4. The van der Waals surface area contributed by atoms with E-state index >= 15 is 0 Å². The molecule has 1 aliphatic rings. The van der Waals surface area contributed by atoms with Gasteiger partial charge in [0.25, 0.3) is 5.91 Å². The van der Waals surface area contributed by atoms with Crippen molar-refractivity contribution < 1.29 is 14.3 Å². The van der Waals surface area contributed by atoms with Crippen molar-refractivity contribution in [1.82, 2.24) is 0 Å². The lowest BCUT2D eigenvalue weighted by molar-refractivity contribution is 0.0973. The number of carbonyl (C=O) groups excluding carboxylic acids is 1. The van der Waals surface area contributed by atoms with Crippen molar-refractivity contribution in [2.75, 3.05) is 31.1 Å². The Morgan fingerprint density at radius 1 is 0.935 bits per heavy atom. The minimum atomic E-state index is -0.0401. The molecule has 3 aromatic carbocycles. The quantitative estimate of drug-likeness (QED) is 0.564. The summed E-state index contributed by atoms with van der Waals surface area (Å²) in [5.41, 5.74) is 3.85. The standard InChI is InChI=1S/C26H28N2O3/c1-18-16-23(27(2)20-10-6-5-7-11-20)21-12-8-9-13-22(21)28(18)26(29)19-14-15-24(30-3)25(17-19)31-4/h5-15,17-18,23H,16H2,1-4H3/t18-,23+/m1/s1. The minimum absolute atomic E-state index is 0.0339. The van der Waals surface area contributed by atoms with Crippen LogP contribution in [-0.2, 0) is 0 Å². The molecule has 0 fully saturated rings. The molecule has 3 aromatic rings. The Bertz CT molecular complexity index is 1070. The van der Waals surface area contributed by atoms with Gasteiger partial charge < -0.3 is 19.3 Å². The van der Waals surface area contributed by atoms with Crippen molar-refractivity contribution in [1.29, 1.82) is 0 Å². The number of carbonyl (C=O) groups is 1. The van der Waals surface area contributed by atoms with Crippen molar-refractivity contribution in [2.24, 2.45) is 0 Å². The molecule has 1 heterocycles. The van der Waals surface area contributed by atoms with Gasteiger partial charge in [-0.05, 0) is 55.3 Å². The van der Waals surface area contributed by atoms with Crippen molar-refractivity contribution in [3.63, 3.8) is 0 Å². The lowest BCUT2D eigenvalue weighted by Crippen LogP contribution is -2.46. The lowest BCUT2D eigenvalue weighted by Gasteiger charge is -2.43. The summed E-state index contributed by atoms with van der Waals surface area (Å²) in [6.45, 7) is 2.11. The Kier molecular flexibility index (Phi) is 5.85. The van der Waals surface area contributed by atoms with Crippen LogP contribution in [0.25, 0.3) is 0 Å². The average Bonchev–Trinajstić information content (AvgIpc) is 2.82. The highest BCUT2D eigenvalue weighted by molar-refractivity contribution is 6.07. The van der Waals surface area contributed by atoms with Gasteiger partial charge in [0, 0.05) is 30.0 Å². The SMILES string of the molecule is COc1ccc(C(=O)N2c3ccccc3[C@@H](N(C)c3ccccc3)C[C@H]2C)cc1OC. The number of hydrogen-bond acceptors (Lipinski definition) is 4. The molecule has 1 amide bonds. The van der Waals surface area contributed by atoms with Crippen LogP contribution in [0.2, 0.25) is 0 Å². The molecule has 0 bridgehead atoms. The number of ether oxygens (including phenoxy) is 2. The van der Waals surface area contributed by atoms with E-state index in [0.717, 1.165) is 23.4 Å². The fraction of sp³-hybridized carbons (Fsp3) is 0.269. The van der Waals surface area contributed by atoms with Crippen molar-refractivity contribution in [2.45, 2.75) is 25.4 Å². The van der Waals surface area contributed by atoms with Crippen LogP contribution in [0.5, 0.6) is 11.5 Å². The van der Waals surface area contributed by atoms with Gasteiger partial charge in [0.1, 0.15) is 0 Å². The second-order valence-corrected chi connectivity index (χ2v) is 7.85. The number of amides is 1. The number of methoxy groups -OCH3 is 2. The van der Waals surface area contributed by atoms with E-state index in [1.54, 1.807) is 32.4 Å². The molecule has 0 radical (unpaired) electrons. The highest BCUT2D eigenvalue weighted by Gasteiger charge is 2.36. The summed E-state index contributed by atoms with van der Waals surface area (Å²) in [6.07, 6.45) is 0.835. The largest absolute Gasteiger partial charge is 0.493 e. The predicted molar refractivity (Wildman–Crippen MR) is 124 cm³/mol. The third kappa shape index (κ3) is 3.83. The molecule has 2 atom stereocenters. The first kappa shape index (κ1) is 20.8. The summed E-state index contributed by atoms with van der Waals surface area (Å²) in [5, 5.41) is 0. The molecule has 0 saturated heterocycles. The summed E-state index contributed by atoms with van der Waals surface area (Å²) in [6, 6.07) is 24.1. The van der Waals surface area contributed by atoms with E-state index in [1.807, 2.05) is 29.2 Å². The van der Waals surface area contributed by atoms with E-state index in [0.29, 0.717) is 17.1 Å². The Labute approximate surface area is 183 Å². The van der Waals surface area contributed by atoms with E-state index < -0.39 is 0 Å². The van der Waals surface area contributed by atoms with Crippen LogP contribution in [0.15, 0.2) is 72.8 Å². The summed E-state index contributed by atoms with van der Waals surface area (Å²) < 4.78 is 10.7. The maximum atomic E-state index is 13.6. The number of nitrogens with zero attached hydrogens (tertiary/aromatic N) is 2. The molecule has 0 aliphatic carbocycles. The van der Waals surface area contributed by atoms with E-state index in [9.17, 15) is 4.79 Å². The van der Waals surface area contributed by atoms with Gasteiger partial charge in [0.2, 0.25) is 0 Å². The first-order chi connectivity index (χ1) is 15.0. The molecule has 31 heavy (non-hydrogen) atoms. The monoisotopic (exact) mass is 416 g/mol. The number of fused-ring (bicyclic) bond motifs is 1. The molecule has 4 rings (SSSR count).